The molecular formula is C4H9NO4. The number of carbonyl (C=O) groups is 2. The summed E-state index contributed by atoms with van der Waals surface area (Å²) in [6, 6.07) is 0. The number of carboxylic acid groups (broad SMARTS) is 1. The van der Waals surface area contributed by atoms with Crippen LogP contribution < -0.4 is 6.15 Å². The maximum absolute atomic E-state index is 10.0. The van der Waals surface area contributed by atoms with Crippen LogP contribution in [0.5, 0.6) is 0 Å². The predicted octanol–water partition coefficient (Wildman–Crippen LogP) is -0.204. The van der Waals surface area contributed by atoms with E-state index in [9.17, 15) is 9.59 Å². The molecule has 5 nitrogen and oxygen atoms in total. The van der Waals surface area contributed by atoms with E-state index in [2.05, 4.69) is 4.74 Å². The van der Waals surface area contributed by atoms with E-state index in [1.807, 2.05) is 0 Å². The van der Waals surface area contributed by atoms with Crippen LogP contribution in [-0.4, -0.2) is 24.2 Å². The molecular weight excluding hydrogens is 126 g/mol. The second kappa shape index (κ2) is 5.04. The molecule has 5 heteroatoms. The lowest BCUT2D eigenvalue weighted by Crippen LogP contribution is -2.07. The smallest absolute Gasteiger partial charge is 0.316 e. The number of carboxylic acids is 1. The van der Waals surface area contributed by atoms with Gasteiger partial charge in [-0.2, -0.15) is 0 Å². The van der Waals surface area contributed by atoms with Gasteiger partial charge in [0.05, 0.1) is 7.11 Å². The topological polar surface area (TPSA) is 98.6 Å². The number of hydrogen-bond acceptors (Lipinski definition) is 4. The van der Waals surface area contributed by atoms with Crippen molar-refractivity contribution in [1.82, 2.24) is 6.15 Å². The highest BCUT2D eigenvalue weighted by Crippen LogP contribution is 1.80. The van der Waals surface area contributed by atoms with Crippen LogP contribution in [0.1, 0.15) is 6.42 Å². The first kappa shape index (κ1) is 10.8. The van der Waals surface area contributed by atoms with Crippen LogP contribution in [0, 0.1) is 0 Å². The lowest BCUT2D eigenvalue weighted by Gasteiger charge is -1.90. The van der Waals surface area contributed by atoms with E-state index in [4.69, 9.17) is 5.11 Å². The van der Waals surface area contributed by atoms with E-state index in [1.165, 1.54) is 0 Å². The van der Waals surface area contributed by atoms with Crippen molar-refractivity contribution in [2.45, 2.75) is 6.42 Å². The molecule has 54 valence electrons. The van der Waals surface area contributed by atoms with Crippen molar-refractivity contribution in [3.63, 3.8) is 0 Å². The molecule has 4 N–H and O–H groups in total. The predicted molar refractivity (Wildman–Crippen MR) is 29.3 cm³/mol. The Labute approximate surface area is 52.2 Å². The fourth-order valence-corrected chi connectivity index (χ4v) is 0.196. The summed E-state index contributed by atoms with van der Waals surface area (Å²) in [5, 5.41) is 7.91. The molecule has 9 heavy (non-hydrogen) atoms. The first-order valence-corrected chi connectivity index (χ1v) is 1.95. The number of hydrogen-bond donors (Lipinski definition) is 2. The molecule has 0 bridgehead atoms. The fourth-order valence-electron chi connectivity index (χ4n) is 0.196. The molecule has 0 radical (unpaired) electrons. The maximum Gasteiger partial charge on any atom is 0.316 e. The van der Waals surface area contributed by atoms with E-state index in [0.717, 1.165) is 7.11 Å². The second-order valence-electron chi connectivity index (χ2n) is 1.15. The van der Waals surface area contributed by atoms with Gasteiger partial charge in [-0.1, -0.05) is 0 Å². The molecule has 0 saturated heterocycles. The quantitative estimate of drug-likeness (QED) is 0.403. The molecule has 0 aliphatic heterocycles. The van der Waals surface area contributed by atoms with Crippen molar-refractivity contribution in [1.29, 1.82) is 0 Å². The Morgan fingerprint density at radius 2 is 2.00 bits per heavy atom. The van der Waals surface area contributed by atoms with E-state index < -0.39 is 18.4 Å². The highest BCUT2D eigenvalue weighted by Gasteiger charge is 2.04. The van der Waals surface area contributed by atoms with Gasteiger partial charge in [-0.25, -0.2) is 0 Å². The molecule has 0 spiro atoms. The van der Waals surface area contributed by atoms with Crippen LogP contribution >= 0.6 is 0 Å². The average molecular weight is 135 g/mol. The molecule has 0 amide bonds. The van der Waals surface area contributed by atoms with Gasteiger partial charge in [0.25, 0.3) is 0 Å². The zero-order valence-electron chi connectivity index (χ0n) is 5.09. The largest absolute Gasteiger partial charge is 0.481 e. The van der Waals surface area contributed by atoms with Gasteiger partial charge in [-0.05, 0) is 0 Å². The summed E-state index contributed by atoms with van der Waals surface area (Å²) in [7, 11) is 1.14. The first-order valence-electron chi connectivity index (χ1n) is 1.95. The van der Waals surface area contributed by atoms with Gasteiger partial charge >= 0.3 is 11.9 Å². The van der Waals surface area contributed by atoms with Crippen LogP contribution in [-0.2, 0) is 14.3 Å². The molecule has 0 rings (SSSR count). The molecule has 0 aromatic carbocycles. The highest BCUT2D eigenvalue weighted by molar-refractivity contribution is 5.89. The SMILES string of the molecule is COC(=O)CC(=O)O.N. The second-order valence-corrected chi connectivity index (χ2v) is 1.15. The van der Waals surface area contributed by atoms with Gasteiger partial charge in [-0.3, -0.25) is 9.59 Å². The van der Waals surface area contributed by atoms with Gasteiger partial charge < -0.3 is 16.0 Å². The van der Waals surface area contributed by atoms with Gasteiger partial charge in [0.2, 0.25) is 0 Å². The van der Waals surface area contributed by atoms with Crippen molar-refractivity contribution < 1.29 is 19.4 Å². The molecule has 0 aromatic rings. The minimum Gasteiger partial charge on any atom is -0.481 e. The maximum atomic E-state index is 10.0. The molecule has 0 aromatic heterocycles. The van der Waals surface area contributed by atoms with Gasteiger partial charge in [0, 0.05) is 0 Å². The van der Waals surface area contributed by atoms with Crippen LogP contribution in [0.3, 0.4) is 0 Å². The normalized spacial score (nSPS) is 7.22. The van der Waals surface area contributed by atoms with Crippen LogP contribution in [0.25, 0.3) is 0 Å². The summed E-state index contributed by atoms with van der Waals surface area (Å²) in [5.41, 5.74) is 0. The number of rotatable bonds is 2. The summed E-state index contributed by atoms with van der Waals surface area (Å²) in [5.74, 6) is -1.89. The Morgan fingerprint density at radius 1 is 1.56 bits per heavy atom. The summed E-state index contributed by atoms with van der Waals surface area (Å²) >= 11 is 0. The fraction of sp³-hybridized carbons (Fsp3) is 0.500. The third-order valence-corrected chi connectivity index (χ3v) is 0.523. The van der Waals surface area contributed by atoms with E-state index in [0.29, 0.717) is 0 Å². The molecule has 0 saturated carbocycles. The first-order chi connectivity index (χ1) is 3.66. The van der Waals surface area contributed by atoms with Gasteiger partial charge in [0.1, 0.15) is 6.42 Å². The van der Waals surface area contributed by atoms with Crippen molar-refractivity contribution in [2.75, 3.05) is 7.11 Å². The standard InChI is InChI=1S/C4H6O4.H3N/c1-8-4(7)2-3(5)6;/h2H2,1H3,(H,5,6);1H3. The van der Waals surface area contributed by atoms with Crippen LogP contribution in [0.2, 0.25) is 0 Å². The van der Waals surface area contributed by atoms with Crippen molar-refractivity contribution in [3.05, 3.63) is 0 Å². The Balaban J connectivity index is 0. The monoisotopic (exact) mass is 135 g/mol. The summed E-state index contributed by atoms with van der Waals surface area (Å²) in [4.78, 5) is 19.7. The Hall–Kier alpha value is -1.10. The average Bonchev–Trinajstić information content (AvgIpc) is 1.65. The minimum atomic E-state index is -1.17. The highest BCUT2D eigenvalue weighted by atomic mass is 16.5. The Bertz CT molecular complexity index is 111. The van der Waals surface area contributed by atoms with Crippen molar-refractivity contribution in [2.24, 2.45) is 0 Å². The lowest BCUT2D eigenvalue weighted by atomic mass is 10.4. The van der Waals surface area contributed by atoms with E-state index in [1.54, 1.807) is 0 Å². The van der Waals surface area contributed by atoms with Gasteiger partial charge in [0.15, 0.2) is 0 Å². The third kappa shape index (κ3) is 6.90. The van der Waals surface area contributed by atoms with E-state index in [-0.39, 0.29) is 6.15 Å². The van der Waals surface area contributed by atoms with Crippen molar-refractivity contribution >= 4 is 11.9 Å². The number of ether oxygens (including phenoxy) is 1. The van der Waals surface area contributed by atoms with E-state index >= 15 is 0 Å². The van der Waals surface area contributed by atoms with Crippen molar-refractivity contribution in [3.8, 4) is 0 Å². The molecule has 0 unspecified atom stereocenters. The number of carbonyl (C=O) groups excluding carboxylic acids is 1. The molecule has 0 aliphatic rings. The van der Waals surface area contributed by atoms with Crippen LogP contribution in [0.4, 0.5) is 0 Å². The van der Waals surface area contributed by atoms with Crippen LogP contribution in [0.15, 0.2) is 0 Å². The zero-order valence-corrected chi connectivity index (χ0v) is 5.09. The lowest BCUT2D eigenvalue weighted by molar-refractivity contribution is -0.149. The summed E-state index contributed by atoms with van der Waals surface area (Å²) in [6.07, 6.45) is -0.559. The molecule has 0 heterocycles. The number of methoxy groups -OCH3 is 1. The number of aliphatic carboxylic acids is 1. The minimum absolute atomic E-state index is 0. The molecule has 0 fully saturated rings. The molecule has 0 atom stereocenters. The summed E-state index contributed by atoms with van der Waals surface area (Å²) < 4.78 is 4.04. The van der Waals surface area contributed by atoms with Gasteiger partial charge in [-0.15, -0.1) is 0 Å². The number of esters is 1. The zero-order chi connectivity index (χ0) is 6.57. The Morgan fingerprint density at radius 3 is 2.11 bits per heavy atom. The Kier molecular flexibility index (Phi) is 6.06. The third-order valence-electron chi connectivity index (χ3n) is 0.523. The summed E-state index contributed by atoms with van der Waals surface area (Å²) in [6.45, 7) is 0. The molecule has 0 aliphatic carbocycles.